The Labute approximate surface area is 116 Å². The monoisotopic (exact) mass is 273 g/mol. The maximum atomic E-state index is 11.9. The lowest BCUT2D eigenvalue weighted by molar-refractivity contribution is -0.146. The van der Waals surface area contributed by atoms with Crippen LogP contribution in [-0.2, 0) is 14.3 Å². The van der Waals surface area contributed by atoms with Crippen LogP contribution in [0.2, 0.25) is 0 Å². The first kappa shape index (κ1) is 17.7. The van der Waals surface area contributed by atoms with Crippen molar-refractivity contribution in [2.24, 2.45) is 5.92 Å². The van der Waals surface area contributed by atoms with Gasteiger partial charge in [0, 0.05) is 0 Å². The van der Waals surface area contributed by atoms with E-state index in [2.05, 4.69) is 23.9 Å². The summed E-state index contributed by atoms with van der Waals surface area (Å²) in [5, 5.41) is 2.52. The standard InChI is InChI=1S/C14H27NO4/c1-5-6-9-12(15-14(17)18-4)13(16)19-10-7-8-11(2)3/h11-12H,5-10H2,1-4H3,(H,15,17). The van der Waals surface area contributed by atoms with Gasteiger partial charge in [0.05, 0.1) is 13.7 Å². The van der Waals surface area contributed by atoms with Crippen molar-refractivity contribution in [3.05, 3.63) is 0 Å². The minimum Gasteiger partial charge on any atom is -0.464 e. The van der Waals surface area contributed by atoms with Gasteiger partial charge in [0.25, 0.3) is 0 Å². The summed E-state index contributed by atoms with van der Waals surface area (Å²) in [6.07, 6.45) is 3.67. The molecule has 5 heteroatoms. The first-order valence-electron chi connectivity index (χ1n) is 7.02. The van der Waals surface area contributed by atoms with Gasteiger partial charge in [-0.1, -0.05) is 33.6 Å². The average molecular weight is 273 g/mol. The van der Waals surface area contributed by atoms with E-state index in [1.54, 1.807) is 0 Å². The first-order valence-corrected chi connectivity index (χ1v) is 7.02. The minimum atomic E-state index is -0.605. The quantitative estimate of drug-likeness (QED) is 0.518. The molecule has 0 fully saturated rings. The third-order valence-electron chi connectivity index (χ3n) is 2.78. The van der Waals surface area contributed by atoms with Gasteiger partial charge >= 0.3 is 12.1 Å². The largest absolute Gasteiger partial charge is 0.464 e. The lowest BCUT2D eigenvalue weighted by Gasteiger charge is -2.16. The van der Waals surface area contributed by atoms with Gasteiger partial charge in [-0.05, 0) is 25.2 Å². The number of carbonyl (C=O) groups excluding carboxylic acids is 2. The highest BCUT2D eigenvalue weighted by Gasteiger charge is 2.21. The van der Waals surface area contributed by atoms with Gasteiger partial charge in [-0.15, -0.1) is 0 Å². The van der Waals surface area contributed by atoms with E-state index in [1.807, 2.05) is 6.92 Å². The van der Waals surface area contributed by atoms with Crippen molar-refractivity contribution in [2.45, 2.75) is 58.9 Å². The number of nitrogens with one attached hydrogen (secondary N) is 1. The van der Waals surface area contributed by atoms with Gasteiger partial charge in [0.15, 0.2) is 0 Å². The molecular formula is C14H27NO4. The molecule has 1 atom stereocenters. The van der Waals surface area contributed by atoms with Crippen LogP contribution in [0.25, 0.3) is 0 Å². The fourth-order valence-corrected chi connectivity index (χ4v) is 1.62. The van der Waals surface area contributed by atoms with E-state index in [0.717, 1.165) is 25.7 Å². The van der Waals surface area contributed by atoms with Crippen LogP contribution in [0.3, 0.4) is 0 Å². The Morgan fingerprint density at radius 3 is 2.37 bits per heavy atom. The van der Waals surface area contributed by atoms with E-state index in [4.69, 9.17) is 4.74 Å². The van der Waals surface area contributed by atoms with Crippen LogP contribution in [0, 0.1) is 5.92 Å². The van der Waals surface area contributed by atoms with E-state index in [9.17, 15) is 9.59 Å². The second kappa shape index (κ2) is 10.6. The predicted molar refractivity (Wildman–Crippen MR) is 73.9 cm³/mol. The number of amides is 1. The zero-order chi connectivity index (χ0) is 14.7. The molecule has 0 saturated heterocycles. The molecule has 0 spiro atoms. The molecule has 0 aromatic carbocycles. The maximum absolute atomic E-state index is 11.9. The highest BCUT2D eigenvalue weighted by Crippen LogP contribution is 2.06. The van der Waals surface area contributed by atoms with Crippen LogP contribution in [-0.4, -0.2) is 31.8 Å². The topological polar surface area (TPSA) is 64.6 Å². The number of carbonyl (C=O) groups is 2. The summed E-state index contributed by atoms with van der Waals surface area (Å²) in [5.74, 6) is 0.227. The molecule has 5 nitrogen and oxygen atoms in total. The molecule has 19 heavy (non-hydrogen) atoms. The first-order chi connectivity index (χ1) is 9.01. The molecule has 1 N–H and O–H groups in total. The fourth-order valence-electron chi connectivity index (χ4n) is 1.62. The molecule has 0 radical (unpaired) electrons. The third kappa shape index (κ3) is 9.33. The molecule has 0 aliphatic carbocycles. The molecule has 1 unspecified atom stereocenters. The van der Waals surface area contributed by atoms with Crippen molar-refractivity contribution in [3.63, 3.8) is 0 Å². The highest BCUT2D eigenvalue weighted by molar-refractivity contribution is 5.81. The van der Waals surface area contributed by atoms with Gasteiger partial charge in [-0.2, -0.15) is 0 Å². The molecule has 0 aromatic rings. The zero-order valence-electron chi connectivity index (χ0n) is 12.5. The molecule has 0 aliphatic heterocycles. The Kier molecular flexibility index (Phi) is 9.94. The number of hydrogen-bond acceptors (Lipinski definition) is 4. The fraction of sp³-hybridized carbons (Fsp3) is 0.857. The van der Waals surface area contributed by atoms with Crippen LogP contribution in [0.15, 0.2) is 0 Å². The molecule has 0 heterocycles. The van der Waals surface area contributed by atoms with Gasteiger partial charge < -0.3 is 14.8 Å². The van der Waals surface area contributed by atoms with E-state index >= 15 is 0 Å². The van der Waals surface area contributed by atoms with Crippen LogP contribution in [0.1, 0.15) is 52.9 Å². The maximum Gasteiger partial charge on any atom is 0.407 e. The molecule has 0 aliphatic rings. The van der Waals surface area contributed by atoms with Crippen molar-refractivity contribution < 1.29 is 19.1 Å². The SMILES string of the molecule is CCCCC(NC(=O)OC)C(=O)OCCCC(C)C. The Hall–Kier alpha value is -1.26. The number of ether oxygens (including phenoxy) is 2. The van der Waals surface area contributed by atoms with E-state index in [0.29, 0.717) is 18.9 Å². The average Bonchev–Trinajstić information content (AvgIpc) is 2.38. The smallest absolute Gasteiger partial charge is 0.407 e. The minimum absolute atomic E-state index is 0.373. The molecule has 0 rings (SSSR count). The van der Waals surface area contributed by atoms with Gasteiger partial charge in [0.1, 0.15) is 6.04 Å². The van der Waals surface area contributed by atoms with Gasteiger partial charge in [0.2, 0.25) is 0 Å². The number of methoxy groups -OCH3 is 1. The molecule has 1 amide bonds. The van der Waals surface area contributed by atoms with Crippen molar-refractivity contribution in [2.75, 3.05) is 13.7 Å². The van der Waals surface area contributed by atoms with Crippen LogP contribution in [0.4, 0.5) is 4.79 Å². The molecule has 0 bridgehead atoms. The second-order valence-corrected chi connectivity index (χ2v) is 5.03. The van der Waals surface area contributed by atoms with Crippen LogP contribution >= 0.6 is 0 Å². The summed E-state index contributed by atoms with van der Waals surface area (Å²) in [6, 6.07) is -0.605. The Morgan fingerprint density at radius 2 is 1.84 bits per heavy atom. The van der Waals surface area contributed by atoms with E-state index < -0.39 is 12.1 Å². The van der Waals surface area contributed by atoms with Gasteiger partial charge in [-0.25, -0.2) is 9.59 Å². The summed E-state index contributed by atoms with van der Waals surface area (Å²) in [4.78, 5) is 23.0. The van der Waals surface area contributed by atoms with Crippen molar-refractivity contribution >= 4 is 12.1 Å². The number of rotatable bonds is 9. The second-order valence-electron chi connectivity index (χ2n) is 5.03. The van der Waals surface area contributed by atoms with Crippen molar-refractivity contribution in [3.8, 4) is 0 Å². The lowest BCUT2D eigenvalue weighted by Crippen LogP contribution is -2.41. The van der Waals surface area contributed by atoms with Crippen LogP contribution in [0.5, 0.6) is 0 Å². The molecular weight excluding hydrogens is 246 g/mol. The Bertz CT molecular complexity index is 266. The highest BCUT2D eigenvalue weighted by atomic mass is 16.5. The van der Waals surface area contributed by atoms with Crippen molar-refractivity contribution in [1.29, 1.82) is 0 Å². The number of unbranched alkanes of at least 4 members (excludes halogenated alkanes) is 1. The number of hydrogen-bond donors (Lipinski definition) is 1. The summed E-state index contributed by atoms with van der Waals surface area (Å²) < 4.78 is 9.70. The van der Waals surface area contributed by atoms with Crippen LogP contribution < -0.4 is 5.32 Å². The normalized spacial score (nSPS) is 12.1. The summed E-state index contributed by atoms with van der Waals surface area (Å²) in [6.45, 7) is 6.70. The number of alkyl carbamates (subject to hydrolysis) is 1. The number of esters is 1. The Balaban J connectivity index is 4.10. The van der Waals surface area contributed by atoms with E-state index in [-0.39, 0.29) is 5.97 Å². The van der Waals surface area contributed by atoms with Crippen molar-refractivity contribution in [1.82, 2.24) is 5.32 Å². The summed E-state index contributed by atoms with van der Waals surface area (Å²) in [7, 11) is 1.28. The van der Waals surface area contributed by atoms with Gasteiger partial charge in [-0.3, -0.25) is 0 Å². The summed E-state index contributed by atoms with van der Waals surface area (Å²) in [5.41, 5.74) is 0. The zero-order valence-corrected chi connectivity index (χ0v) is 12.5. The lowest BCUT2D eigenvalue weighted by atomic mass is 10.1. The Morgan fingerprint density at radius 1 is 1.16 bits per heavy atom. The predicted octanol–water partition coefficient (Wildman–Crippen LogP) is 2.88. The molecule has 112 valence electrons. The third-order valence-corrected chi connectivity index (χ3v) is 2.78. The summed E-state index contributed by atoms with van der Waals surface area (Å²) >= 11 is 0. The van der Waals surface area contributed by atoms with E-state index in [1.165, 1.54) is 7.11 Å². The molecule has 0 saturated carbocycles. The molecule has 0 aromatic heterocycles.